The molecule has 0 saturated heterocycles. The summed E-state index contributed by atoms with van der Waals surface area (Å²) in [5, 5.41) is 16.3. The molecule has 1 atom stereocenters. The number of aliphatic hydroxyl groups is 1. The second-order valence-electron chi connectivity index (χ2n) is 6.28. The molecular formula is C16H28N4O. The number of hydrogen-bond acceptors (Lipinski definition) is 5. The fraction of sp³-hybridized carbons (Fsp3) is 0.750. The number of nitrogens with one attached hydrogen (secondary N) is 2. The van der Waals surface area contributed by atoms with Gasteiger partial charge < -0.3 is 15.7 Å². The zero-order chi connectivity index (χ0) is 15.4. The summed E-state index contributed by atoms with van der Waals surface area (Å²) < 4.78 is 0. The van der Waals surface area contributed by atoms with Crippen molar-refractivity contribution in [2.45, 2.75) is 58.9 Å². The number of anilines is 2. The van der Waals surface area contributed by atoms with Crippen LogP contribution in [0.25, 0.3) is 0 Å². The van der Waals surface area contributed by atoms with Gasteiger partial charge in [0.25, 0.3) is 0 Å². The van der Waals surface area contributed by atoms with Crippen LogP contribution >= 0.6 is 0 Å². The van der Waals surface area contributed by atoms with E-state index in [1.54, 1.807) is 0 Å². The number of nitrogens with zero attached hydrogens (tertiary/aromatic N) is 2. The van der Waals surface area contributed by atoms with E-state index in [4.69, 9.17) is 4.98 Å². The van der Waals surface area contributed by atoms with E-state index in [2.05, 4.69) is 36.4 Å². The van der Waals surface area contributed by atoms with Gasteiger partial charge in [0.2, 0.25) is 0 Å². The number of aliphatic hydroxyl groups excluding tert-OH is 1. The Kier molecular flexibility index (Phi) is 5.39. The van der Waals surface area contributed by atoms with Crippen molar-refractivity contribution in [1.82, 2.24) is 9.97 Å². The average Bonchev–Trinajstić information content (AvgIpc) is 3.29. The number of hydrogen-bond donors (Lipinski definition) is 3. The highest BCUT2D eigenvalue weighted by Crippen LogP contribution is 2.39. The zero-order valence-electron chi connectivity index (χ0n) is 13.6. The maximum Gasteiger partial charge on any atom is 0.136 e. The Hall–Kier alpha value is -1.36. The van der Waals surface area contributed by atoms with Gasteiger partial charge in [-0.2, -0.15) is 0 Å². The summed E-state index contributed by atoms with van der Waals surface area (Å²) in [6.07, 6.45) is 3.43. The van der Waals surface area contributed by atoms with Crippen LogP contribution in [-0.4, -0.2) is 34.3 Å². The predicted octanol–water partition coefficient (Wildman–Crippen LogP) is 2.91. The van der Waals surface area contributed by atoms with E-state index >= 15 is 0 Å². The molecule has 2 rings (SSSR count). The first-order valence-corrected chi connectivity index (χ1v) is 8.06. The van der Waals surface area contributed by atoms with Crippen molar-refractivity contribution < 1.29 is 5.11 Å². The summed E-state index contributed by atoms with van der Waals surface area (Å²) in [5.74, 6) is 3.58. The van der Waals surface area contributed by atoms with Crippen LogP contribution in [-0.2, 0) is 0 Å². The van der Waals surface area contributed by atoms with Gasteiger partial charge in [0.15, 0.2) is 0 Å². The van der Waals surface area contributed by atoms with Gasteiger partial charge in [-0.1, -0.05) is 20.8 Å². The largest absolute Gasteiger partial charge is 0.394 e. The van der Waals surface area contributed by atoms with Gasteiger partial charge in [0, 0.05) is 18.0 Å². The number of rotatable bonds is 8. The summed E-state index contributed by atoms with van der Waals surface area (Å²) in [6.45, 7) is 9.40. The number of aromatic nitrogens is 2. The second-order valence-corrected chi connectivity index (χ2v) is 6.28. The van der Waals surface area contributed by atoms with Crippen LogP contribution in [0.15, 0.2) is 0 Å². The Balaban J connectivity index is 2.26. The van der Waals surface area contributed by atoms with Crippen LogP contribution in [0.4, 0.5) is 11.6 Å². The summed E-state index contributed by atoms with van der Waals surface area (Å²) in [4.78, 5) is 9.39. The molecule has 21 heavy (non-hydrogen) atoms. The molecule has 0 bridgehead atoms. The highest BCUT2D eigenvalue weighted by molar-refractivity contribution is 5.58. The van der Waals surface area contributed by atoms with Gasteiger partial charge in [0.05, 0.1) is 12.6 Å². The highest BCUT2D eigenvalue weighted by atomic mass is 16.3. The Morgan fingerprint density at radius 1 is 1.24 bits per heavy atom. The average molecular weight is 292 g/mol. The van der Waals surface area contributed by atoms with E-state index in [1.807, 2.05) is 6.92 Å². The molecule has 1 aliphatic rings. The third-order valence-corrected chi connectivity index (χ3v) is 3.97. The molecule has 1 aromatic rings. The first-order valence-electron chi connectivity index (χ1n) is 8.06. The summed E-state index contributed by atoms with van der Waals surface area (Å²) >= 11 is 0. The van der Waals surface area contributed by atoms with Crippen molar-refractivity contribution in [3.05, 3.63) is 11.4 Å². The maximum atomic E-state index is 9.53. The van der Waals surface area contributed by atoms with Gasteiger partial charge in [-0.25, -0.2) is 9.97 Å². The Morgan fingerprint density at radius 2 is 1.90 bits per heavy atom. The van der Waals surface area contributed by atoms with E-state index in [0.29, 0.717) is 11.8 Å². The molecule has 1 heterocycles. The summed E-state index contributed by atoms with van der Waals surface area (Å²) in [6, 6.07) is 0.0182. The highest BCUT2D eigenvalue weighted by Gasteiger charge is 2.28. The van der Waals surface area contributed by atoms with E-state index in [9.17, 15) is 5.11 Å². The minimum atomic E-state index is 0.0182. The van der Waals surface area contributed by atoms with Crippen molar-refractivity contribution in [2.75, 3.05) is 23.8 Å². The van der Waals surface area contributed by atoms with E-state index in [1.165, 1.54) is 12.8 Å². The lowest BCUT2D eigenvalue weighted by molar-refractivity contribution is 0.249. The van der Waals surface area contributed by atoms with E-state index in [0.717, 1.165) is 36.0 Å². The molecule has 1 saturated carbocycles. The topological polar surface area (TPSA) is 70.1 Å². The summed E-state index contributed by atoms with van der Waals surface area (Å²) in [7, 11) is 0. The van der Waals surface area contributed by atoms with E-state index < -0.39 is 0 Å². The van der Waals surface area contributed by atoms with Crippen LogP contribution in [0.1, 0.15) is 57.3 Å². The SMILES string of the molecule is CCCNc1nc(C2CC2)nc(N[C@H](CO)C(C)C)c1C. The molecular weight excluding hydrogens is 264 g/mol. The van der Waals surface area contributed by atoms with Gasteiger partial charge >= 0.3 is 0 Å². The van der Waals surface area contributed by atoms with Crippen molar-refractivity contribution >= 4 is 11.6 Å². The molecule has 5 nitrogen and oxygen atoms in total. The van der Waals surface area contributed by atoms with Crippen molar-refractivity contribution in [3.8, 4) is 0 Å². The smallest absolute Gasteiger partial charge is 0.136 e. The van der Waals surface area contributed by atoms with Crippen LogP contribution in [0.3, 0.4) is 0 Å². The normalized spacial score (nSPS) is 16.1. The maximum absolute atomic E-state index is 9.53. The van der Waals surface area contributed by atoms with E-state index in [-0.39, 0.29) is 12.6 Å². The standard InChI is InChI=1S/C16H28N4O/c1-5-8-17-14-11(4)15(18-13(9-21)10(2)3)20-16(19-14)12-6-7-12/h10,12-13,21H,5-9H2,1-4H3,(H2,17,18,19,20)/t13-/m1/s1. The lowest BCUT2D eigenvalue weighted by atomic mass is 10.1. The molecule has 1 fully saturated rings. The zero-order valence-corrected chi connectivity index (χ0v) is 13.6. The Bertz CT molecular complexity index is 472. The van der Waals surface area contributed by atoms with Crippen molar-refractivity contribution in [3.63, 3.8) is 0 Å². The fourth-order valence-electron chi connectivity index (χ4n) is 2.21. The Morgan fingerprint density at radius 3 is 2.43 bits per heavy atom. The molecule has 1 aromatic heterocycles. The first kappa shape index (κ1) is 16.0. The third-order valence-electron chi connectivity index (χ3n) is 3.97. The van der Waals surface area contributed by atoms with Crippen molar-refractivity contribution in [2.24, 2.45) is 5.92 Å². The predicted molar refractivity (Wildman–Crippen MR) is 86.9 cm³/mol. The lowest BCUT2D eigenvalue weighted by Crippen LogP contribution is -2.30. The minimum absolute atomic E-state index is 0.0182. The van der Waals surface area contributed by atoms with Crippen molar-refractivity contribution in [1.29, 1.82) is 0 Å². The van der Waals surface area contributed by atoms with Gasteiger partial charge in [-0.15, -0.1) is 0 Å². The van der Waals surface area contributed by atoms with Crippen LogP contribution in [0, 0.1) is 12.8 Å². The van der Waals surface area contributed by atoms with Gasteiger partial charge in [-0.3, -0.25) is 0 Å². The molecule has 0 radical (unpaired) electrons. The molecule has 3 N–H and O–H groups in total. The molecule has 0 spiro atoms. The molecule has 5 heteroatoms. The van der Waals surface area contributed by atoms with Gasteiger partial charge in [0.1, 0.15) is 17.5 Å². The van der Waals surface area contributed by atoms with Crippen LogP contribution in [0.5, 0.6) is 0 Å². The Labute approximate surface area is 127 Å². The molecule has 0 amide bonds. The molecule has 0 aromatic carbocycles. The van der Waals surface area contributed by atoms with Crippen LogP contribution < -0.4 is 10.6 Å². The molecule has 1 aliphatic carbocycles. The monoisotopic (exact) mass is 292 g/mol. The summed E-state index contributed by atoms with van der Waals surface area (Å²) in [5.41, 5.74) is 1.03. The fourth-order valence-corrected chi connectivity index (χ4v) is 2.21. The van der Waals surface area contributed by atoms with Crippen LogP contribution in [0.2, 0.25) is 0 Å². The first-order chi connectivity index (χ1) is 10.1. The molecule has 0 aliphatic heterocycles. The second kappa shape index (κ2) is 7.07. The lowest BCUT2D eigenvalue weighted by Gasteiger charge is -2.23. The third kappa shape index (κ3) is 4.06. The quantitative estimate of drug-likeness (QED) is 0.687. The van der Waals surface area contributed by atoms with Gasteiger partial charge in [-0.05, 0) is 32.1 Å². The molecule has 0 unspecified atom stereocenters. The minimum Gasteiger partial charge on any atom is -0.394 e. The molecule has 118 valence electrons.